The van der Waals surface area contributed by atoms with Gasteiger partial charge in [0.05, 0.1) is 20.3 Å². The molecule has 0 spiro atoms. The summed E-state index contributed by atoms with van der Waals surface area (Å²) < 4.78 is 19.2. The van der Waals surface area contributed by atoms with Crippen molar-refractivity contribution in [1.29, 1.82) is 0 Å². The SMILES string of the molecule is COc1ccc(/C=C/c2c(C3=N[C@@H](Cc4ccccc4)CO3)n(C)c3ccccc23)cc1OC. The molecule has 1 aromatic heterocycles. The smallest absolute Gasteiger partial charge is 0.234 e. The van der Waals surface area contributed by atoms with Crippen LogP contribution in [0.1, 0.15) is 22.4 Å². The lowest BCUT2D eigenvalue weighted by Crippen LogP contribution is -2.10. The highest BCUT2D eigenvalue weighted by Crippen LogP contribution is 2.32. The summed E-state index contributed by atoms with van der Waals surface area (Å²) >= 11 is 0. The number of methoxy groups -OCH3 is 2. The Hall–Kier alpha value is -3.99. The third-order valence-corrected chi connectivity index (χ3v) is 6.23. The van der Waals surface area contributed by atoms with E-state index >= 15 is 0 Å². The number of nitrogens with zero attached hydrogens (tertiary/aromatic N) is 2. The van der Waals surface area contributed by atoms with Crippen LogP contribution in [0.25, 0.3) is 23.1 Å². The monoisotopic (exact) mass is 452 g/mol. The number of fused-ring (bicyclic) bond motifs is 1. The minimum atomic E-state index is 0.109. The van der Waals surface area contributed by atoms with Gasteiger partial charge in [-0.15, -0.1) is 0 Å². The summed E-state index contributed by atoms with van der Waals surface area (Å²) in [4.78, 5) is 4.98. The fourth-order valence-electron chi connectivity index (χ4n) is 4.52. The van der Waals surface area contributed by atoms with Crippen LogP contribution in [-0.2, 0) is 18.2 Å². The Balaban J connectivity index is 1.53. The van der Waals surface area contributed by atoms with Crippen molar-refractivity contribution in [1.82, 2.24) is 4.57 Å². The molecular weight excluding hydrogens is 424 g/mol. The first-order valence-electron chi connectivity index (χ1n) is 11.4. The second-order valence-corrected chi connectivity index (χ2v) is 8.38. The van der Waals surface area contributed by atoms with Crippen LogP contribution in [0.2, 0.25) is 0 Å². The largest absolute Gasteiger partial charge is 0.493 e. The van der Waals surface area contributed by atoms with E-state index in [0.29, 0.717) is 24.0 Å². The summed E-state index contributed by atoms with van der Waals surface area (Å²) in [6, 6.07) is 24.9. The maximum atomic E-state index is 6.15. The van der Waals surface area contributed by atoms with Gasteiger partial charge >= 0.3 is 0 Å². The molecule has 5 rings (SSSR count). The van der Waals surface area contributed by atoms with E-state index in [1.165, 1.54) is 5.56 Å². The number of hydrogen-bond acceptors (Lipinski definition) is 4. The van der Waals surface area contributed by atoms with Gasteiger partial charge in [0.25, 0.3) is 0 Å². The van der Waals surface area contributed by atoms with E-state index < -0.39 is 0 Å². The Labute approximate surface area is 199 Å². The predicted molar refractivity (Wildman–Crippen MR) is 138 cm³/mol. The predicted octanol–water partition coefficient (Wildman–Crippen LogP) is 5.75. The molecule has 0 N–H and O–H groups in total. The molecule has 3 aromatic carbocycles. The van der Waals surface area contributed by atoms with Gasteiger partial charge in [0, 0.05) is 23.5 Å². The van der Waals surface area contributed by atoms with E-state index in [9.17, 15) is 0 Å². The van der Waals surface area contributed by atoms with E-state index in [4.69, 9.17) is 19.2 Å². The fourth-order valence-corrected chi connectivity index (χ4v) is 4.52. The van der Waals surface area contributed by atoms with Crippen molar-refractivity contribution in [2.45, 2.75) is 12.5 Å². The molecule has 0 aliphatic carbocycles. The van der Waals surface area contributed by atoms with Crippen molar-refractivity contribution >= 4 is 29.0 Å². The minimum absolute atomic E-state index is 0.109. The van der Waals surface area contributed by atoms with Crippen LogP contribution in [0, 0.1) is 0 Å². The standard InChI is InChI=1S/C29H28N2O3/c1-31-25-12-8-7-11-23(25)24(15-13-21-14-16-26(32-2)27(18-21)33-3)28(31)29-30-22(19-34-29)17-20-9-5-4-6-10-20/h4-16,18,22H,17,19H2,1-3H3/b15-13+/t22-/m0/s1. The van der Waals surface area contributed by atoms with Crippen LogP contribution in [0.5, 0.6) is 11.5 Å². The van der Waals surface area contributed by atoms with E-state index in [-0.39, 0.29) is 6.04 Å². The maximum absolute atomic E-state index is 6.15. The molecule has 1 atom stereocenters. The van der Waals surface area contributed by atoms with Crippen molar-refractivity contribution in [3.8, 4) is 11.5 Å². The van der Waals surface area contributed by atoms with Gasteiger partial charge in [-0.25, -0.2) is 4.99 Å². The number of para-hydroxylation sites is 1. The number of rotatable bonds is 7. The Morgan fingerprint density at radius 2 is 1.71 bits per heavy atom. The molecule has 1 aliphatic heterocycles. The third-order valence-electron chi connectivity index (χ3n) is 6.23. The summed E-state index contributed by atoms with van der Waals surface area (Å²) in [5, 5.41) is 1.16. The van der Waals surface area contributed by atoms with Crippen LogP contribution in [-0.4, -0.2) is 37.3 Å². The van der Waals surface area contributed by atoms with Crippen LogP contribution in [0.4, 0.5) is 0 Å². The van der Waals surface area contributed by atoms with Gasteiger partial charge in [-0.1, -0.05) is 66.7 Å². The number of aromatic nitrogens is 1. The van der Waals surface area contributed by atoms with Crippen molar-refractivity contribution in [3.63, 3.8) is 0 Å². The molecule has 5 heteroatoms. The van der Waals surface area contributed by atoms with Crippen molar-refractivity contribution in [3.05, 3.63) is 95.2 Å². The van der Waals surface area contributed by atoms with Crippen molar-refractivity contribution < 1.29 is 14.2 Å². The van der Waals surface area contributed by atoms with Gasteiger partial charge in [0.2, 0.25) is 5.90 Å². The maximum Gasteiger partial charge on any atom is 0.234 e. The lowest BCUT2D eigenvalue weighted by molar-refractivity contribution is 0.315. The van der Waals surface area contributed by atoms with Gasteiger partial charge in [-0.3, -0.25) is 0 Å². The molecule has 4 aromatic rings. The van der Waals surface area contributed by atoms with E-state index in [2.05, 4.69) is 72.3 Å². The van der Waals surface area contributed by atoms with Gasteiger partial charge in [0.15, 0.2) is 11.5 Å². The Kier molecular flexibility index (Phi) is 6.09. The molecule has 0 unspecified atom stereocenters. The number of aryl methyl sites for hydroxylation is 1. The highest BCUT2D eigenvalue weighted by atomic mass is 16.5. The molecule has 0 bridgehead atoms. The first kappa shape index (κ1) is 21.8. The van der Waals surface area contributed by atoms with Crippen molar-refractivity contribution in [2.75, 3.05) is 20.8 Å². The molecule has 34 heavy (non-hydrogen) atoms. The number of hydrogen-bond donors (Lipinski definition) is 0. The molecule has 5 nitrogen and oxygen atoms in total. The van der Waals surface area contributed by atoms with Crippen LogP contribution < -0.4 is 9.47 Å². The average molecular weight is 453 g/mol. The lowest BCUT2D eigenvalue weighted by atomic mass is 10.1. The topological polar surface area (TPSA) is 45.0 Å². The lowest BCUT2D eigenvalue weighted by Gasteiger charge is -2.08. The van der Waals surface area contributed by atoms with Gasteiger partial charge in [0.1, 0.15) is 12.3 Å². The normalized spacial score (nSPS) is 15.5. The van der Waals surface area contributed by atoms with E-state index in [1.807, 2.05) is 24.3 Å². The number of ether oxygens (including phenoxy) is 3. The Bertz CT molecular complexity index is 1370. The minimum Gasteiger partial charge on any atom is -0.493 e. The molecule has 0 saturated heterocycles. The summed E-state index contributed by atoms with van der Waals surface area (Å²) in [5.41, 5.74) is 5.52. The zero-order chi connectivity index (χ0) is 23.5. The average Bonchev–Trinajstić information content (AvgIpc) is 3.45. The van der Waals surface area contributed by atoms with E-state index in [0.717, 1.165) is 34.1 Å². The first-order chi connectivity index (χ1) is 16.7. The second-order valence-electron chi connectivity index (χ2n) is 8.38. The van der Waals surface area contributed by atoms with Gasteiger partial charge < -0.3 is 18.8 Å². The molecule has 2 heterocycles. The zero-order valence-electron chi connectivity index (χ0n) is 19.7. The Morgan fingerprint density at radius 1 is 0.941 bits per heavy atom. The van der Waals surface area contributed by atoms with Gasteiger partial charge in [-0.2, -0.15) is 0 Å². The second kappa shape index (κ2) is 9.48. The van der Waals surface area contributed by atoms with Crippen LogP contribution in [0.3, 0.4) is 0 Å². The van der Waals surface area contributed by atoms with Gasteiger partial charge in [-0.05, 0) is 35.7 Å². The van der Waals surface area contributed by atoms with Crippen LogP contribution >= 0.6 is 0 Å². The number of benzene rings is 3. The van der Waals surface area contributed by atoms with Crippen molar-refractivity contribution in [2.24, 2.45) is 12.0 Å². The molecule has 172 valence electrons. The fraction of sp³-hybridized carbons (Fsp3) is 0.207. The number of aliphatic imine (C=N–C) groups is 1. The zero-order valence-corrected chi connectivity index (χ0v) is 19.7. The highest BCUT2D eigenvalue weighted by Gasteiger charge is 2.26. The third kappa shape index (κ3) is 4.17. The summed E-state index contributed by atoms with van der Waals surface area (Å²) in [5.74, 6) is 2.12. The molecule has 0 amide bonds. The molecule has 0 saturated carbocycles. The molecular formula is C29H28N2O3. The summed E-state index contributed by atoms with van der Waals surface area (Å²) in [6.07, 6.45) is 5.09. The summed E-state index contributed by atoms with van der Waals surface area (Å²) in [7, 11) is 5.36. The van der Waals surface area contributed by atoms with Crippen LogP contribution in [0.15, 0.2) is 77.8 Å². The molecule has 0 radical (unpaired) electrons. The summed E-state index contributed by atoms with van der Waals surface area (Å²) in [6.45, 7) is 0.588. The first-order valence-corrected chi connectivity index (χ1v) is 11.4. The molecule has 1 aliphatic rings. The van der Waals surface area contributed by atoms with E-state index in [1.54, 1.807) is 14.2 Å². The Morgan fingerprint density at radius 3 is 2.50 bits per heavy atom. The highest BCUT2D eigenvalue weighted by molar-refractivity contribution is 6.06. The quantitative estimate of drug-likeness (QED) is 0.358. The molecule has 0 fully saturated rings.